The fourth-order valence-electron chi connectivity index (χ4n) is 2.18. The molecular weight excluding hydrogens is 242 g/mol. The SMILES string of the molecule is CCOCCCn1ccc2c(/C(N)=N/O)cccc21. The molecule has 2 aromatic rings. The maximum atomic E-state index is 8.79. The van der Waals surface area contributed by atoms with Crippen LogP contribution in [0.3, 0.4) is 0 Å². The molecule has 5 heteroatoms. The van der Waals surface area contributed by atoms with Crippen molar-refractivity contribution in [2.45, 2.75) is 19.9 Å². The molecule has 0 saturated carbocycles. The van der Waals surface area contributed by atoms with Gasteiger partial charge < -0.3 is 20.2 Å². The van der Waals surface area contributed by atoms with Gasteiger partial charge in [-0.05, 0) is 25.5 Å². The summed E-state index contributed by atoms with van der Waals surface area (Å²) in [5, 5.41) is 12.9. The van der Waals surface area contributed by atoms with Gasteiger partial charge in [0.25, 0.3) is 0 Å². The first-order valence-electron chi connectivity index (χ1n) is 6.41. The predicted octanol–water partition coefficient (Wildman–Crippen LogP) is 2.16. The van der Waals surface area contributed by atoms with Gasteiger partial charge in [0, 0.05) is 42.4 Å². The molecule has 0 amide bonds. The Balaban J connectivity index is 2.23. The summed E-state index contributed by atoms with van der Waals surface area (Å²) in [6.07, 6.45) is 2.98. The van der Waals surface area contributed by atoms with E-state index in [1.165, 1.54) is 0 Å². The second-order valence-electron chi connectivity index (χ2n) is 4.28. The zero-order valence-electron chi connectivity index (χ0n) is 11.0. The highest BCUT2D eigenvalue weighted by atomic mass is 16.5. The summed E-state index contributed by atoms with van der Waals surface area (Å²) in [5.41, 5.74) is 7.52. The molecule has 0 radical (unpaired) electrons. The molecular formula is C14H19N3O2. The van der Waals surface area contributed by atoms with E-state index >= 15 is 0 Å². The predicted molar refractivity (Wildman–Crippen MR) is 75.6 cm³/mol. The van der Waals surface area contributed by atoms with Crippen molar-refractivity contribution < 1.29 is 9.94 Å². The Hall–Kier alpha value is -2.01. The van der Waals surface area contributed by atoms with Crippen LogP contribution in [-0.2, 0) is 11.3 Å². The van der Waals surface area contributed by atoms with Gasteiger partial charge in [0.05, 0.1) is 0 Å². The Morgan fingerprint density at radius 2 is 2.26 bits per heavy atom. The number of aromatic nitrogens is 1. The van der Waals surface area contributed by atoms with Gasteiger partial charge in [-0.25, -0.2) is 0 Å². The quantitative estimate of drug-likeness (QED) is 0.275. The summed E-state index contributed by atoms with van der Waals surface area (Å²) in [7, 11) is 0. The molecule has 0 atom stereocenters. The molecule has 0 fully saturated rings. The molecule has 0 saturated heterocycles. The lowest BCUT2D eigenvalue weighted by molar-refractivity contribution is 0.142. The number of amidine groups is 1. The molecule has 3 N–H and O–H groups in total. The number of aryl methyl sites for hydroxylation is 1. The largest absolute Gasteiger partial charge is 0.409 e. The summed E-state index contributed by atoms with van der Waals surface area (Å²) in [4.78, 5) is 0. The molecule has 2 rings (SSSR count). The van der Waals surface area contributed by atoms with Crippen LogP contribution in [-0.4, -0.2) is 28.8 Å². The Morgan fingerprint density at radius 1 is 1.42 bits per heavy atom. The average Bonchev–Trinajstić information content (AvgIpc) is 2.86. The van der Waals surface area contributed by atoms with E-state index in [1.807, 2.05) is 37.4 Å². The molecule has 1 aromatic carbocycles. The monoisotopic (exact) mass is 261 g/mol. The van der Waals surface area contributed by atoms with Crippen LogP contribution >= 0.6 is 0 Å². The highest BCUT2D eigenvalue weighted by molar-refractivity contribution is 6.08. The number of nitrogens with two attached hydrogens (primary N) is 1. The van der Waals surface area contributed by atoms with Crippen molar-refractivity contribution in [1.29, 1.82) is 0 Å². The molecule has 0 aliphatic rings. The molecule has 0 unspecified atom stereocenters. The van der Waals surface area contributed by atoms with Crippen molar-refractivity contribution in [3.8, 4) is 0 Å². The lowest BCUT2D eigenvalue weighted by Gasteiger charge is -2.07. The molecule has 102 valence electrons. The van der Waals surface area contributed by atoms with E-state index < -0.39 is 0 Å². The van der Waals surface area contributed by atoms with Gasteiger partial charge in [-0.3, -0.25) is 0 Å². The van der Waals surface area contributed by atoms with Gasteiger partial charge in [0.15, 0.2) is 5.84 Å². The summed E-state index contributed by atoms with van der Waals surface area (Å²) >= 11 is 0. The van der Waals surface area contributed by atoms with Crippen molar-refractivity contribution in [2.24, 2.45) is 10.9 Å². The fourth-order valence-corrected chi connectivity index (χ4v) is 2.18. The van der Waals surface area contributed by atoms with Gasteiger partial charge >= 0.3 is 0 Å². The zero-order valence-corrected chi connectivity index (χ0v) is 11.0. The smallest absolute Gasteiger partial charge is 0.170 e. The zero-order chi connectivity index (χ0) is 13.7. The third-order valence-corrected chi connectivity index (χ3v) is 3.09. The first-order chi connectivity index (χ1) is 9.27. The number of oxime groups is 1. The van der Waals surface area contributed by atoms with Gasteiger partial charge in [-0.1, -0.05) is 17.3 Å². The van der Waals surface area contributed by atoms with Crippen LogP contribution in [0.5, 0.6) is 0 Å². The van der Waals surface area contributed by atoms with Crippen LogP contribution < -0.4 is 5.73 Å². The van der Waals surface area contributed by atoms with Crippen LogP contribution in [0, 0.1) is 0 Å². The van der Waals surface area contributed by atoms with Crippen molar-refractivity contribution in [3.63, 3.8) is 0 Å². The van der Waals surface area contributed by atoms with Crippen molar-refractivity contribution >= 4 is 16.7 Å². The van der Waals surface area contributed by atoms with E-state index in [1.54, 1.807) is 0 Å². The molecule has 0 aliphatic heterocycles. The second-order valence-corrected chi connectivity index (χ2v) is 4.28. The first kappa shape index (κ1) is 13.4. The maximum absolute atomic E-state index is 8.79. The summed E-state index contributed by atoms with van der Waals surface area (Å²) in [5.74, 6) is 0.137. The number of nitrogens with zero attached hydrogens (tertiary/aromatic N) is 2. The van der Waals surface area contributed by atoms with Crippen molar-refractivity contribution in [2.75, 3.05) is 13.2 Å². The van der Waals surface area contributed by atoms with Crippen LogP contribution in [0.2, 0.25) is 0 Å². The van der Waals surface area contributed by atoms with Crippen LogP contribution in [0.25, 0.3) is 10.9 Å². The lowest BCUT2D eigenvalue weighted by Crippen LogP contribution is -2.13. The summed E-state index contributed by atoms with van der Waals surface area (Å²) < 4.78 is 7.49. The van der Waals surface area contributed by atoms with Crippen LogP contribution in [0.4, 0.5) is 0 Å². The minimum Gasteiger partial charge on any atom is -0.409 e. The van der Waals surface area contributed by atoms with Gasteiger partial charge in [-0.2, -0.15) is 0 Å². The molecule has 19 heavy (non-hydrogen) atoms. The topological polar surface area (TPSA) is 72.8 Å². The Bertz CT molecular complexity index is 575. The Labute approximate surface area is 112 Å². The minimum absolute atomic E-state index is 0.137. The van der Waals surface area contributed by atoms with Gasteiger partial charge in [-0.15, -0.1) is 0 Å². The molecule has 0 spiro atoms. The first-order valence-corrected chi connectivity index (χ1v) is 6.41. The number of hydrogen-bond donors (Lipinski definition) is 2. The summed E-state index contributed by atoms with van der Waals surface area (Å²) in [6, 6.07) is 7.78. The van der Waals surface area contributed by atoms with Crippen molar-refractivity contribution in [3.05, 3.63) is 36.0 Å². The minimum atomic E-state index is 0.137. The van der Waals surface area contributed by atoms with E-state index in [-0.39, 0.29) is 5.84 Å². The molecule has 5 nitrogen and oxygen atoms in total. The number of hydrogen-bond acceptors (Lipinski definition) is 3. The van der Waals surface area contributed by atoms with E-state index in [4.69, 9.17) is 15.7 Å². The van der Waals surface area contributed by atoms with Crippen molar-refractivity contribution in [1.82, 2.24) is 4.57 Å². The van der Waals surface area contributed by atoms with Gasteiger partial charge in [0.1, 0.15) is 0 Å². The average molecular weight is 261 g/mol. The number of benzene rings is 1. The number of ether oxygens (including phenoxy) is 1. The van der Waals surface area contributed by atoms with Crippen LogP contribution in [0.1, 0.15) is 18.9 Å². The number of rotatable bonds is 6. The summed E-state index contributed by atoms with van der Waals surface area (Å²) in [6.45, 7) is 4.40. The van der Waals surface area contributed by atoms with E-state index in [0.717, 1.165) is 42.6 Å². The van der Waals surface area contributed by atoms with Gasteiger partial charge in [0.2, 0.25) is 0 Å². The Morgan fingerprint density at radius 3 is 3.00 bits per heavy atom. The molecule has 1 heterocycles. The van der Waals surface area contributed by atoms with E-state index in [9.17, 15) is 0 Å². The third-order valence-electron chi connectivity index (χ3n) is 3.09. The second kappa shape index (κ2) is 6.24. The molecule has 0 aliphatic carbocycles. The fraction of sp³-hybridized carbons (Fsp3) is 0.357. The highest BCUT2D eigenvalue weighted by Crippen LogP contribution is 2.20. The third kappa shape index (κ3) is 2.88. The standard InChI is InChI=1S/C14H19N3O2/c1-2-19-10-4-8-17-9-7-11-12(14(15)16-18)5-3-6-13(11)17/h3,5-7,9,18H,2,4,8,10H2,1H3,(H2,15,16). The molecule has 1 aromatic heterocycles. The van der Waals surface area contributed by atoms with E-state index in [0.29, 0.717) is 0 Å². The van der Waals surface area contributed by atoms with Crippen LogP contribution in [0.15, 0.2) is 35.6 Å². The normalized spacial score (nSPS) is 12.2. The molecule has 0 bridgehead atoms. The highest BCUT2D eigenvalue weighted by Gasteiger charge is 2.08. The lowest BCUT2D eigenvalue weighted by atomic mass is 10.1. The Kier molecular flexibility index (Phi) is 4.41. The number of fused-ring (bicyclic) bond motifs is 1. The van der Waals surface area contributed by atoms with E-state index in [2.05, 4.69) is 9.72 Å². The maximum Gasteiger partial charge on any atom is 0.170 e.